The van der Waals surface area contributed by atoms with Crippen LogP contribution in [-0.2, 0) is 4.79 Å². The summed E-state index contributed by atoms with van der Waals surface area (Å²) in [7, 11) is 3.00. The molecule has 0 aromatic heterocycles. The predicted octanol–water partition coefficient (Wildman–Crippen LogP) is -1.58. The summed E-state index contributed by atoms with van der Waals surface area (Å²) in [4.78, 5) is 9.00. The smallest absolute Gasteiger partial charge is 0.300 e. The zero-order valence-electron chi connectivity index (χ0n) is 6.01. The third-order valence-corrected chi connectivity index (χ3v) is 0. The SMILES string of the molecule is CC(=O)O.CN.CN.O. The number of carboxylic acids is 1. The fourth-order valence-electron chi connectivity index (χ4n) is 0. The lowest BCUT2D eigenvalue weighted by Gasteiger charge is -1.59. The molecule has 0 unspecified atom stereocenters. The summed E-state index contributed by atoms with van der Waals surface area (Å²) in [5.41, 5.74) is 9.00. The average Bonchev–Trinajstić information content (AvgIpc) is 1.75. The van der Waals surface area contributed by atoms with E-state index < -0.39 is 5.97 Å². The normalized spacial score (nSPS) is 4.11. The van der Waals surface area contributed by atoms with Gasteiger partial charge in [-0.2, -0.15) is 0 Å². The Kier molecular flexibility index (Phi) is 142. The molecule has 0 heterocycles. The summed E-state index contributed by atoms with van der Waals surface area (Å²) < 4.78 is 0. The number of nitrogens with two attached hydrogens (primary N) is 2. The van der Waals surface area contributed by atoms with Gasteiger partial charge in [0.2, 0.25) is 0 Å². The lowest BCUT2D eigenvalue weighted by atomic mass is 10.9. The van der Waals surface area contributed by atoms with Crippen LogP contribution >= 0.6 is 0 Å². The molecule has 0 spiro atoms. The van der Waals surface area contributed by atoms with Gasteiger partial charge in [-0.25, -0.2) is 0 Å². The van der Waals surface area contributed by atoms with Gasteiger partial charge in [-0.3, -0.25) is 4.79 Å². The van der Waals surface area contributed by atoms with Crippen LogP contribution in [0, 0.1) is 0 Å². The maximum absolute atomic E-state index is 9.00. The Morgan fingerprint density at radius 1 is 1.22 bits per heavy atom. The summed E-state index contributed by atoms with van der Waals surface area (Å²) >= 11 is 0. The minimum absolute atomic E-state index is 0. The van der Waals surface area contributed by atoms with Gasteiger partial charge in [0.05, 0.1) is 0 Å². The maximum atomic E-state index is 9.00. The number of hydrogen-bond donors (Lipinski definition) is 3. The van der Waals surface area contributed by atoms with Crippen molar-refractivity contribution in [3.05, 3.63) is 0 Å². The van der Waals surface area contributed by atoms with Gasteiger partial charge in [0.1, 0.15) is 0 Å². The standard InChI is InChI=1S/C2H4O2.2CH5N.H2O/c1-2(3)4;2*1-2;/h1H3,(H,3,4);2*2H2,1H3;1H2. The van der Waals surface area contributed by atoms with E-state index in [0.29, 0.717) is 0 Å². The van der Waals surface area contributed by atoms with Crippen molar-refractivity contribution in [1.29, 1.82) is 0 Å². The summed E-state index contributed by atoms with van der Waals surface area (Å²) in [6.07, 6.45) is 0. The number of carboxylic acid groups (broad SMARTS) is 1. The molecule has 0 fully saturated rings. The Balaban J connectivity index is -0.0000000221. The van der Waals surface area contributed by atoms with Crippen molar-refractivity contribution in [3.63, 3.8) is 0 Å². The fourth-order valence-corrected chi connectivity index (χ4v) is 0. The Morgan fingerprint density at radius 3 is 1.22 bits per heavy atom. The molecule has 7 N–H and O–H groups in total. The van der Waals surface area contributed by atoms with E-state index in [2.05, 4.69) is 11.5 Å². The zero-order valence-corrected chi connectivity index (χ0v) is 6.01. The highest BCUT2D eigenvalue weighted by Crippen LogP contribution is 1.42. The highest BCUT2D eigenvalue weighted by atomic mass is 16.4. The van der Waals surface area contributed by atoms with Crippen LogP contribution in [0.5, 0.6) is 0 Å². The molecular formula is C4H16N2O3. The summed E-state index contributed by atoms with van der Waals surface area (Å²) in [5, 5.41) is 7.42. The Bertz CT molecular complexity index is 36.8. The van der Waals surface area contributed by atoms with Crippen LogP contribution < -0.4 is 11.5 Å². The first-order valence-electron chi connectivity index (χ1n) is 2.08. The zero-order chi connectivity index (χ0) is 7.58. The van der Waals surface area contributed by atoms with Crippen molar-refractivity contribution < 1.29 is 15.4 Å². The molecule has 0 amide bonds. The molecule has 0 aromatic carbocycles. The van der Waals surface area contributed by atoms with Gasteiger partial charge in [0.15, 0.2) is 0 Å². The first-order valence-corrected chi connectivity index (χ1v) is 2.08. The molecule has 0 saturated carbocycles. The van der Waals surface area contributed by atoms with E-state index in [9.17, 15) is 0 Å². The van der Waals surface area contributed by atoms with Gasteiger partial charge in [0, 0.05) is 6.92 Å². The molecule has 0 saturated heterocycles. The largest absolute Gasteiger partial charge is 0.481 e. The van der Waals surface area contributed by atoms with E-state index in [1.165, 1.54) is 14.1 Å². The second-order valence-corrected chi connectivity index (χ2v) is 0.519. The number of hydrogen-bond acceptors (Lipinski definition) is 3. The highest BCUT2D eigenvalue weighted by molar-refractivity contribution is 5.62. The molecule has 0 bridgehead atoms. The van der Waals surface area contributed by atoms with Gasteiger partial charge in [0.25, 0.3) is 5.97 Å². The van der Waals surface area contributed by atoms with E-state index in [0.717, 1.165) is 6.92 Å². The molecule has 60 valence electrons. The van der Waals surface area contributed by atoms with E-state index in [4.69, 9.17) is 9.90 Å². The molecule has 0 radical (unpaired) electrons. The Hall–Kier alpha value is -0.650. The maximum Gasteiger partial charge on any atom is 0.300 e. The van der Waals surface area contributed by atoms with E-state index >= 15 is 0 Å². The molecule has 0 aliphatic heterocycles. The predicted molar refractivity (Wildman–Crippen MR) is 37.1 cm³/mol. The second-order valence-electron chi connectivity index (χ2n) is 0.519. The van der Waals surface area contributed by atoms with Gasteiger partial charge in [-0.1, -0.05) is 0 Å². The van der Waals surface area contributed by atoms with Crippen LogP contribution in [0.1, 0.15) is 6.92 Å². The molecule has 0 rings (SSSR count). The third kappa shape index (κ3) is 498. The van der Waals surface area contributed by atoms with Gasteiger partial charge >= 0.3 is 0 Å². The molecule has 0 aliphatic rings. The van der Waals surface area contributed by atoms with Crippen molar-refractivity contribution in [3.8, 4) is 0 Å². The topological polar surface area (TPSA) is 121 Å². The van der Waals surface area contributed by atoms with E-state index in [1.54, 1.807) is 0 Å². The first kappa shape index (κ1) is 23.8. The molecule has 5 heteroatoms. The third-order valence-electron chi connectivity index (χ3n) is 0. The average molecular weight is 140 g/mol. The second kappa shape index (κ2) is 53.7. The monoisotopic (exact) mass is 140 g/mol. The fraction of sp³-hybridized carbons (Fsp3) is 0.750. The van der Waals surface area contributed by atoms with Crippen LogP contribution in [0.25, 0.3) is 0 Å². The van der Waals surface area contributed by atoms with Crippen molar-refractivity contribution in [2.24, 2.45) is 11.5 Å². The summed E-state index contributed by atoms with van der Waals surface area (Å²) in [6.45, 7) is 1.08. The number of rotatable bonds is 0. The minimum atomic E-state index is -0.833. The Labute approximate surface area is 55.0 Å². The highest BCUT2D eigenvalue weighted by Gasteiger charge is 1.65. The minimum Gasteiger partial charge on any atom is -0.481 e. The van der Waals surface area contributed by atoms with Crippen LogP contribution in [0.2, 0.25) is 0 Å². The van der Waals surface area contributed by atoms with Crippen LogP contribution in [0.15, 0.2) is 0 Å². The molecule has 0 aromatic rings. The van der Waals surface area contributed by atoms with Crippen molar-refractivity contribution >= 4 is 5.97 Å². The summed E-state index contributed by atoms with van der Waals surface area (Å²) in [5.74, 6) is -0.833. The van der Waals surface area contributed by atoms with Crippen molar-refractivity contribution in [2.75, 3.05) is 14.1 Å². The van der Waals surface area contributed by atoms with Crippen LogP contribution in [0.4, 0.5) is 0 Å². The van der Waals surface area contributed by atoms with Gasteiger partial charge in [-0.15, -0.1) is 0 Å². The summed E-state index contributed by atoms with van der Waals surface area (Å²) in [6, 6.07) is 0. The first-order chi connectivity index (χ1) is 3.73. The quantitative estimate of drug-likeness (QED) is 0.375. The number of carbonyl (C=O) groups is 1. The van der Waals surface area contributed by atoms with E-state index in [1.807, 2.05) is 0 Å². The van der Waals surface area contributed by atoms with E-state index in [-0.39, 0.29) is 5.48 Å². The van der Waals surface area contributed by atoms with Crippen LogP contribution in [-0.4, -0.2) is 30.6 Å². The number of aliphatic carboxylic acids is 1. The van der Waals surface area contributed by atoms with Crippen molar-refractivity contribution in [2.45, 2.75) is 6.92 Å². The lowest BCUT2D eigenvalue weighted by molar-refractivity contribution is -0.134. The molecule has 9 heavy (non-hydrogen) atoms. The molecule has 0 atom stereocenters. The van der Waals surface area contributed by atoms with Crippen molar-refractivity contribution in [1.82, 2.24) is 0 Å². The van der Waals surface area contributed by atoms with Gasteiger partial charge < -0.3 is 22.1 Å². The Morgan fingerprint density at radius 2 is 1.22 bits per heavy atom. The molecule has 0 aliphatic carbocycles. The van der Waals surface area contributed by atoms with Gasteiger partial charge in [-0.05, 0) is 14.1 Å². The molecule has 5 nitrogen and oxygen atoms in total. The lowest BCUT2D eigenvalue weighted by Crippen LogP contribution is -1.78. The molecular weight excluding hydrogens is 124 g/mol. The van der Waals surface area contributed by atoms with Crippen LogP contribution in [0.3, 0.4) is 0 Å².